The first-order valence-electron chi connectivity index (χ1n) is 10.4. The topological polar surface area (TPSA) is 103 Å². The van der Waals surface area contributed by atoms with E-state index in [1.165, 1.54) is 0 Å². The van der Waals surface area contributed by atoms with Gasteiger partial charge >= 0.3 is 0 Å². The van der Waals surface area contributed by atoms with Gasteiger partial charge in [-0.1, -0.05) is 30.4 Å². The Kier molecular flexibility index (Phi) is 5.57. The number of fused-ring (bicyclic) bond motifs is 1. The van der Waals surface area contributed by atoms with Crippen LogP contribution in [-0.2, 0) is 4.74 Å². The summed E-state index contributed by atoms with van der Waals surface area (Å²) in [6.45, 7) is 2.79. The first-order valence-corrected chi connectivity index (χ1v) is 10.4. The molecule has 9 nitrogen and oxygen atoms in total. The highest BCUT2D eigenvalue weighted by atomic mass is 16.5. The van der Waals surface area contributed by atoms with Gasteiger partial charge in [-0.3, -0.25) is 0 Å². The number of hydrazone groups is 1. The van der Waals surface area contributed by atoms with Crippen LogP contribution in [-0.4, -0.2) is 52.5 Å². The lowest BCUT2D eigenvalue weighted by atomic mass is 10.1. The van der Waals surface area contributed by atoms with Crippen LogP contribution in [0, 0.1) is 0 Å². The normalized spacial score (nSPS) is 16.6. The van der Waals surface area contributed by atoms with Crippen molar-refractivity contribution >= 4 is 35.0 Å². The van der Waals surface area contributed by atoms with E-state index in [2.05, 4.69) is 58.9 Å². The molecule has 0 radical (unpaired) electrons. The van der Waals surface area contributed by atoms with Crippen LogP contribution in [0.3, 0.4) is 0 Å². The van der Waals surface area contributed by atoms with Crippen molar-refractivity contribution in [1.29, 1.82) is 0 Å². The Balaban J connectivity index is 1.38. The molecule has 1 saturated heterocycles. The SMILES string of the molecule is C1=CC(Nc2nc(NN=Cc3c[nH]c4ccccc34)nc(N3CCOCC3)n2)=CCC1. The first kappa shape index (κ1) is 19.3. The van der Waals surface area contributed by atoms with E-state index < -0.39 is 0 Å². The molecule has 3 N–H and O–H groups in total. The van der Waals surface area contributed by atoms with Crippen LogP contribution in [0.5, 0.6) is 0 Å². The Morgan fingerprint density at radius 1 is 1.06 bits per heavy atom. The highest BCUT2D eigenvalue weighted by Gasteiger charge is 2.17. The van der Waals surface area contributed by atoms with Gasteiger partial charge in [0, 0.05) is 41.4 Å². The Morgan fingerprint density at radius 2 is 1.94 bits per heavy atom. The molecule has 1 aliphatic carbocycles. The van der Waals surface area contributed by atoms with E-state index in [1.807, 2.05) is 30.5 Å². The molecule has 0 atom stereocenters. The first-order chi connectivity index (χ1) is 15.3. The van der Waals surface area contributed by atoms with Crippen LogP contribution >= 0.6 is 0 Å². The number of aromatic amines is 1. The minimum atomic E-state index is 0.385. The minimum Gasteiger partial charge on any atom is -0.378 e. The van der Waals surface area contributed by atoms with E-state index in [0.29, 0.717) is 31.1 Å². The average Bonchev–Trinajstić information content (AvgIpc) is 3.23. The Hall–Kier alpha value is -3.72. The van der Waals surface area contributed by atoms with Crippen molar-refractivity contribution in [2.75, 3.05) is 41.9 Å². The lowest BCUT2D eigenvalue weighted by molar-refractivity contribution is 0.122. The molecule has 0 saturated carbocycles. The zero-order valence-corrected chi connectivity index (χ0v) is 17.1. The van der Waals surface area contributed by atoms with Gasteiger partial charge in [0.25, 0.3) is 0 Å². The molecule has 0 spiro atoms. The molecule has 0 unspecified atom stereocenters. The summed E-state index contributed by atoms with van der Waals surface area (Å²) < 4.78 is 5.46. The maximum atomic E-state index is 5.46. The summed E-state index contributed by atoms with van der Waals surface area (Å²) in [4.78, 5) is 19.0. The third-order valence-electron chi connectivity index (χ3n) is 5.16. The van der Waals surface area contributed by atoms with Gasteiger partial charge in [0.05, 0.1) is 19.4 Å². The van der Waals surface area contributed by atoms with E-state index in [9.17, 15) is 0 Å². The molecule has 9 heteroatoms. The van der Waals surface area contributed by atoms with Gasteiger partial charge in [0.1, 0.15) is 0 Å². The number of morpholine rings is 1. The standard InChI is InChI=1S/C22H24N8O/c1-2-6-17(7-3-1)25-20-26-21(28-22(27-20)30-10-12-31-13-11-30)29-24-15-16-14-23-19-9-5-4-8-18(16)19/h2,4-9,14-15,23H,1,3,10-13H2,(H2,25,26,27,28,29). The van der Waals surface area contributed by atoms with Crippen molar-refractivity contribution in [2.24, 2.45) is 5.10 Å². The number of H-pyrrole nitrogens is 1. The lowest BCUT2D eigenvalue weighted by Gasteiger charge is -2.27. The van der Waals surface area contributed by atoms with Crippen molar-refractivity contribution in [3.05, 3.63) is 60.0 Å². The summed E-state index contributed by atoms with van der Waals surface area (Å²) in [6.07, 6.45) is 12.1. The van der Waals surface area contributed by atoms with Crippen molar-refractivity contribution < 1.29 is 4.74 Å². The summed E-state index contributed by atoms with van der Waals surface area (Å²) in [5, 5.41) is 8.75. The molecule has 0 amide bonds. The Morgan fingerprint density at radius 3 is 2.81 bits per heavy atom. The monoisotopic (exact) mass is 416 g/mol. The van der Waals surface area contributed by atoms with Gasteiger partial charge < -0.3 is 19.9 Å². The van der Waals surface area contributed by atoms with Crippen molar-refractivity contribution in [3.63, 3.8) is 0 Å². The van der Waals surface area contributed by atoms with E-state index in [4.69, 9.17) is 4.74 Å². The quantitative estimate of drug-likeness (QED) is 0.418. The second-order valence-electron chi connectivity index (χ2n) is 7.31. The molecule has 3 heterocycles. The van der Waals surface area contributed by atoms with Crippen LogP contribution in [0.1, 0.15) is 18.4 Å². The molecular weight excluding hydrogens is 392 g/mol. The van der Waals surface area contributed by atoms with Gasteiger partial charge in [0.2, 0.25) is 17.8 Å². The third kappa shape index (κ3) is 4.56. The average molecular weight is 416 g/mol. The number of anilines is 3. The number of hydrogen-bond donors (Lipinski definition) is 3. The summed E-state index contributed by atoms with van der Waals surface area (Å²) in [5.41, 5.74) is 6.00. The molecule has 0 bridgehead atoms. The van der Waals surface area contributed by atoms with Crippen LogP contribution in [0.2, 0.25) is 0 Å². The van der Waals surface area contributed by atoms with Crippen molar-refractivity contribution in [2.45, 2.75) is 12.8 Å². The van der Waals surface area contributed by atoms with Gasteiger partial charge in [-0.05, 0) is 25.0 Å². The third-order valence-corrected chi connectivity index (χ3v) is 5.16. The molecule has 2 aliphatic rings. The zero-order valence-electron chi connectivity index (χ0n) is 17.1. The predicted octanol–water partition coefficient (Wildman–Crippen LogP) is 3.28. The number of ether oxygens (including phenoxy) is 1. The fraction of sp³-hybridized carbons (Fsp3) is 0.273. The Bertz CT molecular complexity index is 1140. The Labute approximate surface area is 180 Å². The van der Waals surface area contributed by atoms with Gasteiger partial charge in [-0.2, -0.15) is 20.1 Å². The van der Waals surface area contributed by atoms with E-state index in [1.54, 1.807) is 6.21 Å². The number of hydrogen-bond acceptors (Lipinski definition) is 8. The number of para-hydroxylation sites is 1. The number of benzene rings is 1. The predicted molar refractivity (Wildman–Crippen MR) is 122 cm³/mol. The van der Waals surface area contributed by atoms with Gasteiger partial charge in [-0.25, -0.2) is 5.43 Å². The summed E-state index contributed by atoms with van der Waals surface area (Å²) in [5.74, 6) is 1.47. The smallest absolute Gasteiger partial charge is 0.250 e. The van der Waals surface area contributed by atoms with Gasteiger partial charge in [0.15, 0.2) is 0 Å². The number of allylic oxidation sites excluding steroid dienone is 3. The number of nitrogens with zero attached hydrogens (tertiary/aromatic N) is 5. The molecule has 3 aromatic rings. The minimum absolute atomic E-state index is 0.385. The fourth-order valence-corrected chi connectivity index (χ4v) is 3.57. The highest BCUT2D eigenvalue weighted by Crippen LogP contribution is 2.19. The number of nitrogens with one attached hydrogen (secondary N) is 3. The number of aromatic nitrogens is 4. The van der Waals surface area contributed by atoms with E-state index in [0.717, 1.165) is 48.1 Å². The van der Waals surface area contributed by atoms with Crippen LogP contribution < -0.4 is 15.6 Å². The lowest BCUT2D eigenvalue weighted by Crippen LogP contribution is -2.37. The molecule has 158 valence electrons. The van der Waals surface area contributed by atoms with Crippen molar-refractivity contribution in [3.8, 4) is 0 Å². The summed E-state index contributed by atoms with van der Waals surface area (Å²) in [7, 11) is 0. The maximum absolute atomic E-state index is 5.46. The molecule has 2 aromatic heterocycles. The summed E-state index contributed by atoms with van der Waals surface area (Å²) in [6, 6.07) is 8.10. The molecule has 31 heavy (non-hydrogen) atoms. The second-order valence-corrected chi connectivity index (χ2v) is 7.31. The van der Waals surface area contributed by atoms with Crippen LogP contribution in [0.4, 0.5) is 17.8 Å². The second kappa shape index (κ2) is 8.97. The molecule has 1 aromatic carbocycles. The fourth-order valence-electron chi connectivity index (χ4n) is 3.57. The van der Waals surface area contributed by atoms with Crippen molar-refractivity contribution in [1.82, 2.24) is 19.9 Å². The largest absolute Gasteiger partial charge is 0.378 e. The van der Waals surface area contributed by atoms with Crippen LogP contribution in [0.15, 0.2) is 59.5 Å². The van der Waals surface area contributed by atoms with Crippen LogP contribution in [0.25, 0.3) is 10.9 Å². The summed E-state index contributed by atoms with van der Waals surface area (Å²) >= 11 is 0. The van der Waals surface area contributed by atoms with E-state index >= 15 is 0 Å². The van der Waals surface area contributed by atoms with E-state index in [-0.39, 0.29) is 0 Å². The maximum Gasteiger partial charge on any atom is 0.250 e. The molecular formula is C22H24N8O. The van der Waals surface area contributed by atoms with Gasteiger partial charge in [-0.15, -0.1) is 0 Å². The zero-order chi connectivity index (χ0) is 20.9. The molecule has 1 fully saturated rings. The molecule has 1 aliphatic heterocycles. The number of rotatable bonds is 6. The molecule has 5 rings (SSSR count). The highest BCUT2D eigenvalue weighted by molar-refractivity contribution is 5.99.